The number of allylic oxidation sites excluding steroid dienone is 2. The lowest BCUT2D eigenvalue weighted by atomic mass is 9.93. The van der Waals surface area contributed by atoms with Crippen LogP contribution in [0.15, 0.2) is 54.6 Å². The maximum atomic E-state index is 4.70. The zero-order valence-corrected chi connectivity index (χ0v) is 15.1. The average molecular weight is 344 g/mol. The molecule has 1 aromatic heterocycles. The van der Waals surface area contributed by atoms with E-state index in [2.05, 4.69) is 52.0 Å². The van der Waals surface area contributed by atoms with Crippen LogP contribution in [0.3, 0.4) is 0 Å². The molecule has 26 heavy (non-hydrogen) atoms. The van der Waals surface area contributed by atoms with Crippen molar-refractivity contribution < 1.29 is 0 Å². The molecular weight excluding hydrogens is 320 g/mol. The molecule has 0 saturated heterocycles. The summed E-state index contributed by atoms with van der Waals surface area (Å²) in [5, 5.41) is 7.63. The van der Waals surface area contributed by atoms with Gasteiger partial charge in [-0.05, 0) is 54.5 Å². The third-order valence-electron chi connectivity index (χ3n) is 4.89. The normalized spacial score (nSPS) is 14.1. The molecule has 2 aromatic carbocycles. The fourth-order valence-corrected chi connectivity index (χ4v) is 3.48. The van der Waals surface area contributed by atoms with Crippen LogP contribution in [0.2, 0.25) is 0 Å². The summed E-state index contributed by atoms with van der Waals surface area (Å²) in [4.78, 5) is 9.37. The van der Waals surface area contributed by atoms with Crippen molar-refractivity contribution in [3.8, 4) is 0 Å². The fourth-order valence-electron chi connectivity index (χ4n) is 3.48. The van der Waals surface area contributed by atoms with Gasteiger partial charge in [0.15, 0.2) is 0 Å². The topological polar surface area (TPSA) is 49.8 Å². The van der Waals surface area contributed by atoms with Gasteiger partial charge in [-0.2, -0.15) is 4.98 Å². The van der Waals surface area contributed by atoms with E-state index in [1.165, 1.54) is 36.0 Å². The summed E-state index contributed by atoms with van der Waals surface area (Å²) >= 11 is 0. The smallest absolute Gasteiger partial charge is 0.225 e. The van der Waals surface area contributed by atoms with Crippen LogP contribution >= 0.6 is 0 Å². The van der Waals surface area contributed by atoms with Crippen LogP contribution in [0, 0.1) is 0 Å². The number of nitrogens with one attached hydrogen (secondary N) is 2. The lowest BCUT2D eigenvalue weighted by Gasteiger charge is -2.15. The van der Waals surface area contributed by atoms with Gasteiger partial charge >= 0.3 is 0 Å². The molecule has 1 aliphatic carbocycles. The molecule has 132 valence electrons. The minimum absolute atomic E-state index is 0.648. The Labute approximate surface area is 154 Å². The first-order valence-electron chi connectivity index (χ1n) is 9.30. The SMILES string of the molecule is CNc1nc(NCc2ccccc2)nc2ccc(C3=CCCCC3)cc12. The Hall–Kier alpha value is -2.88. The van der Waals surface area contributed by atoms with Crippen LogP contribution < -0.4 is 10.6 Å². The van der Waals surface area contributed by atoms with Crippen molar-refractivity contribution in [2.75, 3.05) is 17.7 Å². The maximum Gasteiger partial charge on any atom is 0.225 e. The zero-order chi connectivity index (χ0) is 17.8. The highest BCUT2D eigenvalue weighted by atomic mass is 15.1. The molecule has 4 rings (SSSR count). The summed E-state index contributed by atoms with van der Waals surface area (Å²) in [6, 6.07) is 16.8. The van der Waals surface area contributed by atoms with Crippen molar-refractivity contribution in [1.29, 1.82) is 0 Å². The summed E-state index contributed by atoms with van der Waals surface area (Å²) in [5.41, 5.74) is 4.91. The molecule has 1 heterocycles. The Morgan fingerprint density at radius 3 is 2.65 bits per heavy atom. The molecule has 0 bridgehead atoms. The molecule has 2 N–H and O–H groups in total. The first-order valence-corrected chi connectivity index (χ1v) is 9.30. The second-order valence-corrected chi connectivity index (χ2v) is 6.69. The van der Waals surface area contributed by atoms with Gasteiger partial charge in [0.25, 0.3) is 0 Å². The van der Waals surface area contributed by atoms with Crippen molar-refractivity contribution in [3.05, 3.63) is 65.7 Å². The molecule has 0 unspecified atom stereocenters. The van der Waals surface area contributed by atoms with Crippen LogP contribution in [0.25, 0.3) is 16.5 Å². The Balaban J connectivity index is 1.64. The number of fused-ring (bicyclic) bond motifs is 1. The van der Waals surface area contributed by atoms with Gasteiger partial charge < -0.3 is 10.6 Å². The van der Waals surface area contributed by atoms with Crippen molar-refractivity contribution >= 4 is 28.2 Å². The van der Waals surface area contributed by atoms with Gasteiger partial charge in [-0.15, -0.1) is 0 Å². The molecule has 0 amide bonds. The van der Waals surface area contributed by atoms with E-state index in [0.717, 1.165) is 23.1 Å². The number of aromatic nitrogens is 2. The van der Waals surface area contributed by atoms with Gasteiger partial charge in [-0.3, -0.25) is 0 Å². The van der Waals surface area contributed by atoms with Gasteiger partial charge in [0, 0.05) is 19.0 Å². The number of benzene rings is 2. The Kier molecular flexibility index (Phi) is 4.82. The molecule has 0 aliphatic heterocycles. The third kappa shape index (κ3) is 3.54. The number of nitrogens with zero attached hydrogens (tertiary/aromatic N) is 2. The summed E-state index contributed by atoms with van der Waals surface area (Å²) in [6.07, 6.45) is 7.31. The summed E-state index contributed by atoms with van der Waals surface area (Å²) in [7, 11) is 1.91. The molecular formula is C22H24N4. The fraction of sp³-hybridized carbons (Fsp3) is 0.273. The van der Waals surface area contributed by atoms with Crippen LogP contribution in [-0.4, -0.2) is 17.0 Å². The van der Waals surface area contributed by atoms with E-state index in [0.29, 0.717) is 12.5 Å². The predicted molar refractivity (Wildman–Crippen MR) is 109 cm³/mol. The van der Waals surface area contributed by atoms with Crippen LogP contribution in [0.1, 0.15) is 36.8 Å². The van der Waals surface area contributed by atoms with Gasteiger partial charge in [0.1, 0.15) is 5.82 Å². The van der Waals surface area contributed by atoms with Crippen molar-refractivity contribution in [1.82, 2.24) is 9.97 Å². The predicted octanol–water partition coefficient (Wildman–Crippen LogP) is 5.24. The number of hydrogen-bond donors (Lipinski definition) is 2. The van der Waals surface area contributed by atoms with Gasteiger partial charge in [-0.25, -0.2) is 4.98 Å². The lowest BCUT2D eigenvalue weighted by molar-refractivity contribution is 0.742. The molecule has 0 saturated carbocycles. The lowest BCUT2D eigenvalue weighted by Crippen LogP contribution is -2.06. The van der Waals surface area contributed by atoms with Crippen LogP contribution in [0.5, 0.6) is 0 Å². The summed E-state index contributed by atoms with van der Waals surface area (Å²) in [6.45, 7) is 0.709. The quantitative estimate of drug-likeness (QED) is 0.664. The van der Waals surface area contributed by atoms with E-state index < -0.39 is 0 Å². The van der Waals surface area contributed by atoms with E-state index in [-0.39, 0.29) is 0 Å². The van der Waals surface area contributed by atoms with Gasteiger partial charge in [0.2, 0.25) is 5.95 Å². The number of anilines is 2. The van der Waals surface area contributed by atoms with Gasteiger partial charge in [-0.1, -0.05) is 42.5 Å². The molecule has 4 nitrogen and oxygen atoms in total. The van der Waals surface area contributed by atoms with E-state index in [4.69, 9.17) is 4.98 Å². The molecule has 0 atom stereocenters. The summed E-state index contributed by atoms with van der Waals surface area (Å²) in [5.74, 6) is 1.51. The highest BCUT2D eigenvalue weighted by Crippen LogP contribution is 2.30. The third-order valence-corrected chi connectivity index (χ3v) is 4.89. The zero-order valence-electron chi connectivity index (χ0n) is 15.1. The average Bonchev–Trinajstić information content (AvgIpc) is 2.72. The van der Waals surface area contributed by atoms with Crippen LogP contribution in [0.4, 0.5) is 11.8 Å². The van der Waals surface area contributed by atoms with E-state index in [9.17, 15) is 0 Å². The molecule has 1 aliphatic rings. The van der Waals surface area contributed by atoms with Crippen molar-refractivity contribution in [2.45, 2.75) is 32.2 Å². The monoisotopic (exact) mass is 344 g/mol. The minimum Gasteiger partial charge on any atom is -0.372 e. The first-order chi connectivity index (χ1) is 12.8. The Morgan fingerprint density at radius 2 is 1.88 bits per heavy atom. The second kappa shape index (κ2) is 7.56. The Morgan fingerprint density at radius 1 is 1.00 bits per heavy atom. The van der Waals surface area contributed by atoms with Gasteiger partial charge in [0.05, 0.1) is 5.52 Å². The highest BCUT2D eigenvalue weighted by Gasteiger charge is 2.11. The molecule has 3 aromatic rings. The van der Waals surface area contributed by atoms with E-state index in [1.807, 2.05) is 25.2 Å². The highest BCUT2D eigenvalue weighted by molar-refractivity contribution is 5.92. The molecule has 0 spiro atoms. The van der Waals surface area contributed by atoms with Crippen molar-refractivity contribution in [2.24, 2.45) is 0 Å². The number of rotatable bonds is 5. The van der Waals surface area contributed by atoms with E-state index >= 15 is 0 Å². The minimum atomic E-state index is 0.648. The first kappa shape index (κ1) is 16.6. The van der Waals surface area contributed by atoms with Crippen LogP contribution in [-0.2, 0) is 6.54 Å². The second-order valence-electron chi connectivity index (χ2n) is 6.69. The maximum absolute atomic E-state index is 4.70. The Bertz CT molecular complexity index is 932. The summed E-state index contributed by atoms with van der Waals surface area (Å²) < 4.78 is 0. The molecule has 4 heteroatoms. The molecule has 0 radical (unpaired) electrons. The number of hydrogen-bond acceptors (Lipinski definition) is 4. The standard InChI is InChI=1S/C22H24N4/c1-23-21-19-14-18(17-10-6-3-7-11-17)12-13-20(19)25-22(26-21)24-15-16-8-4-2-5-9-16/h2,4-5,8-10,12-14H,3,6-7,11,15H2,1H3,(H2,23,24,25,26). The van der Waals surface area contributed by atoms with Crippen molar-refractivity contribution in [3.63, 3.8) is 0 Å². The van der Waals surface area contributed by atoms with E-state index in [1.54, 1.807) is 0 Å². The molecule has 0 fully saturated rings. The largest absolute Gasteiger partial charge is 0.372 e.